The number of nitrogens with zero attached hydrogens (tertiary/aromatic N) is 4. The van der Waals surface area contributed by atoms with Gasteiger partial charge in [0.05, 0.1) is 11.9 Å². The Morgan fingerprint density at radius 1 is 1.14 bits per heavy atom. The van der Waals surface area contributed by atoms with Crippen LogP contribution in [0.5, 0.6) is 0 Å². The Kier molecular flexibility index (Phi) is 5.67. The summed E-state index contributed by atoms with van der Waals surface area (Å²) in [5.41, 5.74) is 3.12. The minimum Gasteiger partial charge on any atom is -0.339 e. The molecule has 0 aliphatic carbocycles. The molecule has 0 amide bonds. The maximum absolute atomic E-state index is 10.9. The Morgan fingerprint density at radius 3 is 2.86 bits per heavy atom. The van der Waals surface area contributed by atoms with Crippen molar-refractivity contribution in [2.45, 2.75) is 6.54 Å². The largest absolute Gasteiger partial charge is 0.339 e. The Bertz CT molecular complexity index is 1180. The van der Waals surface area contributed by atoms with E-state index in [1.807, 2.05) is 53.2 Å². The number of halogens is 1. The van der Waals surface area contributed by atoms with Gasteiger partial charge in [0.1, 0.15) is 10.7 Å². The number of benzene rings is 1. The quantitative estimate of drug-likeness (QED) is 0.332. The van der Waals surface area contributed by atoms with Crippen molar-refractivity contribution in [1.82, 2.24) is 24.1 Å². The Balaban J connectivity index is 1.56. The van der Waals surface area contributed by atoms with Crippen LogP contribution in [0.15, 0.2) is 61.2 Å². The van der Waals surface area contributed by atoms with E-state index in [4.69, 9.17) is 16.2 Å². The van der Waals surface area contributed by atoms with Crippen LogP contribution in [-0.2, 0) is 17.8 Å². The minimum absolute atomic E-state index is 0.199. The first-order valence-electron chi connectivity index (χ1n) is 8.50. The summed E-state index contributed by atoms with van der Waals surface area (Å²) >= 11 is 4.16. The number of para-hydroxylation sites is 1. The van der Waals surface area contributed by atoms with Gasteiger partial charge >= 0.3 is 0 Å². The number of hydrogen-bond acceptors (Lipinski definition) is 6. The van der Waals surface area contributed by atoms with E-state index in [9.17, 15) is 4.21 Å². The van der Waals surface area contributed by atoms with Crippen molar-refractivity contribution in [2.24, 2.45) is 0 Å². The first kappa shape index (κ1) is 19.3. The van der Waals surface area contributed by atoms with Gasteiger partial charge in [-0.1, -0.05) is 29.8 Å². The van der Waals surface area contributed by atoms with Crippen molar-refractivity contribution >= 4 is 51.7 Å². The molecule has 0 spiro atoms. The molecule has 0 aliphatic heterocycles. The van der Waals surface area contributed by atoms with Crippen LogP contribution in [0.25, 0.3) is 5.65 Å². The summed E-state index contributed by atoms with van der Waals surface area (Å²) in [5, 5.41) is 6.64. The maximum atomic E-state index is 10.9. The Hall–Kier alpha value is -3.05. The highest BCUT2D eigenvalue weighted by Gasteiger charge is 2.10. The fraction of sp³-hybridized carbons (Fsp3) is 0.0556. The van der Waals surface area contributed by atoms with Gasteiger partial charge in [0.15, 0.2) is 5.82 Å². The number of rotatable bonds is 7. The van der Waals surface area contributed by atoms with Crippen molar-refractivity contribution in [1.29, 1.82) is 0 Å². The molecule has 148 valence electrons. The predicted molar refractivity (Wildman–Crippen MR) is 113 cm³/mol. The summed E-state index contributed by atoms with van der Waals surface area (Å²) in [6, 6.07) is 11.1. The molecule has 0 saturated carbocycles. The van der Waals surface area contributed by atoms with Crippen LogP contribution in [0, 0.1) is 0 Å². The van der Waals surface area contributed by atoms with Crippen LogP contribution >= 0.6 is 11.6 Å². The first-order valence-corrected chi connectivity index (χ1v) is 9.98. The molecule has 0 fully saturated rings. The molecule has 1 aromatic carbocycles. The topological polar surface area (TPSA) is 116 Å². The van der Waals surface area contributed by atoms with Crippen LogP contribution < -0.4 is 15.4 Å². The summed E-state index contributed by atoms with van der Waals surface area (Å²) in [6.07, 6.45) is 6.95. The van der Waals surface area contributed by atoms with Crippen LogP contribution in [0.1, 0.15) is 5.56 Å². The zero-order valence-electron chi connectivity index (χ0n) is 14.9. The van der Waals surface area contributed by atoms with Crippen LogP contribution in [-0.4, -0.2) is 28.1 Å². The fourth-order valence-corrected chi connectivity index (χ4v) is 3.12. The van der Waals surface area contributed by atoms with Gasteiger partial charge in [0.25, 0.3) is 0 Å². The second-order valence-electron chi connectivity index (χ2n) is 5.98. The molecule has 0 saturated heterocycles. The summed E-state index contributed by atoms with van der Waals surface area (Å²) in [4.78, 5) is 12.9. The molecule has 0 aliphatic rings. The molecule has 4 rings (SSSR count). The van der Waals surface area contributed by atoms with Crippen molar-refractivity contribution in [3.63, 3.8) is 0 Å². The van der Waals surface area contributed by atoms with Gasteiger partial charge in [-0.05, 0) is 23.8 Å². The van der Waals surface area contributed by atoms with E-state index in [1.54, 1.807) is 6.20 Å². The van der Waals surface area contributed by atoms with E-state index in [1.165, 1.54) is 6.20 Å². The molecule has 3 aromatic heterocycles. The van der Waals surface area contributed by atoms with Crippen LogP contribution in [0.3, 0.4) is 0 Å². The lowest BCUT2D eigenvalue weighted by molar-refractivity contribution is 0.549. The third-order valence-electron chi connectivity index (χ3n) is 4.05. The monoisotopic (exact) mass is 429 g/mol. The molecular formula is C18H16ClN7O2S. The molecule has 4 N–H and O–H groups in total. The third kappa shape index (κ3) is 4.69. The predicted octanol–water partition coefficient (Wildman–Crippen LogP) is 3.49. The molecule has 1 unspecified atom stereocenters. The van der Waals surface area contributed by atoms with Crippen LogP contribution in [0.2, 0.25) is 5.02 Å². The van der Waals surface area contributed by atoms with Gasteiger partial charge in [-0.25, -0.2) is 18.9 Å². The highest BCUT2D eigenvalue weighted by Crippen LogP contribution is 2.27. The van der Waals surface area contributed by atoms with E-state index in [0.29, 0.717) is 22.5 Å². The molecule has 4 aromatic rings. The summed E-state index contributed by atoms with van der Waals surface area (Å²) in [5.74, 6) is 0.772. The number of hydrogen-bond donors (Lipinski definition) is 4. The number of imidazole rings is 1. The minimum atomic E-state index is -2.10. The highest BCUT2D eigenvalue weighted by atomic mass is 35.5. The summed E-state index contributed by atoms with van der Waals surface area (Å²) in [7, 11) is 0. The van der Waals surface area contributed by atoms with Crippen molar-refractivity contribution in [3.05, 3.63) is 71.8 Å². The second-order valence-corrected chi connectivity index (χ2v) is 7.17. The molecule has 0 radical (unpaired) electrons. The van der Waals surface area contributed by atoms with Crippen molar-refractivity contribution in [3.8, 4) is 0 Å². The lowest BCUT2D eigenvalue weighted by Gasteiger charge is -2.13. The average Bonchev–Trinajstić information content (AvgIpc) is 3.17. The zero-order chi connectivity index (χ0) is 20.2. The number of nitrogens with one attached hydrogen (secondary N) is 3. The molecule has 0 bridgehead atoms. The normalized spacial score (nSPS) is 12.1. The van der Waals surface area contributed by atoms with Gasteiger partial charge in [-0.15, -0.1) is 0 Å². The van der Waals surface area contributed by atoms with E-state index in [-0.39, 0.29) is 6.54 Å². The molecule has 3 heterocycles. The molecule has 1 atom stereocenters. The van der Waals surface area contributed by atoms with E-state index < -0.39 is 11.3 Å². The van der Waals surface area contributed by atoms with E-state index in [2.05, 4.69) is 30.3 Å². The van der Waals surface area contributed by atoms with Crippen LogP contribution in [0.4, 0.5) is 23.1 Å². The van der Waals surface area contributed by atoms with Crippen molar-refractivity contribution < 1.29 is 8.76 Å². The third-order valence-corrected chi connectivity index (χ3v) is 4.71. The van der Waals surface area contributed by atoms with Crippen molar-refractivity contribution in [2.75, 3.05) is 10.6 Å². The number of aromatic nitrogens is 4. The number of pyridine rings is 1. The van der Waals surface area contributed by atoms with Gasteiger partial charge in [-0.3, -0.25) is 4.55 Å². The van der Waals surface area contributed by atoms with Gasteiger partial charge in [-0.2, -0.15) is 4.98 Å². The average molecular weight is 430 g/mol. The maximum Gasteiger partial charge on any atom is 0.232 e. The highest BCUT2D eigenvalue weighted by molar-refractivity contribution is 7.77. The van der Waals surface area contributed by atoms with E-state index in [0.717, 1.165) is 16.9 Å². The number of anilines is 4. The molecule has 9 nitrogen and oxygen atoms in total. The standard InChI is InChI=1S/C18H16ClN7O2S/c19-14-10-21-18(23-13-5-6-16-20-7-8-26(16)11-13)25-17(14)24-15-4-2-1-3-12(15)9-22-29(27)28/h1-8,10-11,22H,9H2,(H,27,28)(H2,21,23,24,25). The second kappa shape index (κ2) is 8.53. The Labute approximate surface area is 173 Å². The van der Waals surface area contributed by atoms with E-state index >= 15 is 0 Å². The molecular weight excluding hydrogens is 414 g/mol. The zero-order valence-corrected chi connectivity index (χ0v) is 16.5. The number of fused-ring (bicyclic) bond motifs is 1. The Morgan fingerprint density at radius 2 is 2.00 bits per heavy atom. The van der Waals surface area contributed by atoms with Gasteiger partial charge in [0, 0.05) is 30.8 Å². The lowest BCUT2D eigenvalue weighted by atomic mass is 10.2. The summed E-state index contributed by atoms with van der Waals surface area (Å²) < 4.78 is 24.2. The summed E-state index contributed by atoms with van der Waals surface area (Å²) in [6.45, 7) is 0.199. The molecule has 29 heavy (non-hydrogen) atoms. The van der Waals surface area contributed by atoms with Gasteiger partial charge < -0.3 is 15.0 Å². The fourth-order valence-electron chi connectivity index (χ4n) is 2.70. The smallest absolute Gasteiger partial charge is 0.232 e. The first-order chi connectivity index (χ1) is 14.1. The van der Waals surface area contributed by atoms with Gasteiger partial charge in [0.2, 0.25) is 17.2 Å². The molecule has 11 heteroatoms. The SMILES string of the molecule is O=S(O)NCc1ccccc1Nc1nc(Nc2ccc3nccn3c2)ncc1Cl. The lowest BCUT2D eigenvalue weighted by Crippen LogP contribution is -2.16.